The fourth-order valence-electron chi connectivity index (χ4n) is 4.95. The van der Waals surface area contributed by atoms with E-state index in [4.69, 9.17) is 16.3 Å². The Bertz CT molecular complexity index is 1170. The fraction of sp³-hybridized carbons (Fsp3) is 0.355. The molecule has 37 heavy (non-hydrogen) atoms. The maximum atomic E-state index is 13.7. The molecule has 0 bridgehead atoms. The van der Waals surface area contributed by atoms with E-state index in [1.165, 1.54) is 0 Å². The van der Waals surface area contributed by atoms with Gasteiger partial charge in [0.1, 0.15) is 11.8 Å². The molecule has 1 N–H and O–H groups in total. The molecule has 1 aliphatic rings. The molecule has 2 amide bonds. The third-order valence-corrected chi connectivity index (χ3v) is 7.05. The first kappa shape index (κ1) is 26.7. The molecule has 0 heterocycles. The highest BCUT2D eigenvalue weighted by atomic mass is 35.5. The number of carbonyl (C=O) groups excluding carboxylic acids is 2. The summed E-state index contributed by atoms with van der Waals surface area (Å²) in [6, 6.07) is 22.6. The Hall–Kier alpha value is -3.31. The van der Waals surface area contributed by atoms with Crippen LogP contribution in [0.5, 0.6) is 5.75 Å². The molecule has 0 aromatic heterocycles. The van der Waals surface area contributed by atoms with Gasteiger partial charge in [-0.1, -0.05) is 73.0 Å². The fourth-order valence-corrected chi connectivity index (χ4v) is 5.08. The van der Waals surface area contributed by atoms with E-state index in [1.807, 2.05) is 68.4 Å². The van der Waals surface area contributed by atoms with Crippen molar-refractivity contribution in [3.8, 4) is 5.75 Å². The van der Waals surface area contributed by atoms with Crippen molar-refractivity contribution >= 4 is 23.4 Å². The van der Waals surface area contributed by atoms with Gasteiger partial charge in [0.25, 0.3) is 5.91 Å². The summed E-state index contributed by atoms with van der Waals surface area (Å²) in [5.74, 6) is 0.286. The van der Waals surface area contributed by atoms with Crippen molar-refractivity contribution in [2.45, 2.75) is 64.6 Å². The van der Waals surface area contributed by atoms with Gasteiger partial charge >= 0.3 is 0 Å². The molecule has 1 saturated carbocycles. The first-order chi connectivity index (χ1) is 17.9. The Labute approximate surface area is 224 Å². The molecule has 0 radical (unpaired) electrons. The molecule has 1 fully saturated rings. The van der Waals surface area contributed by atoms with Crippen LogP contribution in [0.4, 0.5) is 0 Å². The van der Waals surface area contributed by atoms with Crippen molar-refractivity contribution in [1.29, 1.82) is 0 Å². The van der Waals surface area contributed by atoms with Crippen molar-refractivity contribution in [1.82, 2.24) is 10.2 Å². The Balaban J connectivity index is 1.61. The van der Waals surface area contributed by atoms with Crippen LogP contribution in [0.15, 0.2) is 72.8 Å². The molecule has 0 unspecified atom stereocenters. The largest absolute Gasteiger partial charge is 0.484 e. The molecule has 4 rings (SSSR count). The number of benzene rings is 3. The molecule has 0 saturated heterocycles. The number of halogens is 1. The van der Waals surface area contributed by atoms with Crippen LogP contribution < -0.4 is 10.1 Å². The average Bonchev–Trinajstić information content (AvgIpc) is 3.39. The molecule has 1 aliphatic carbocycles. The molecule has 194 valence electrons. The zero-order valence-electron chi connectivity index (χ0n) is 21.6. The predicted octanol–water partition coefficient (Wildman–Crippen LogP) is 6.03. The summed E-state index contributed by atoms with van der Waals surface area (Å²) in [5.41, 5.74) is 4.03. The number of nitrogens with zero attached hydrogens (tertiary/aromatic N) is 1. The van der Waals surface area contributed by atoms with Crippen LogP contribution >= 0.6 is 11.6 Å². The Morgan fingerprint density at radius 3 is 2.24 bits per heavy atom. The third kappa shape index (κ3) is 7.83. The van der Waals surface area contributed by atoms with E-state index in [0.29, 0.717) is 17.2 Å². The minimum atomic E-state index is -0.672. The summed E-state index contributed by atoms with van der Waals surface area (Å²) < 4.78 is 5.94. The normalized spacial score (nSPS) is 14.2. The summed E-state index contributed by atoms with van der Waals surface area (Å²) in [7, 11) is 0. The van der Waals surface area contributed by atoms with Gasteiger partial charge in [-0.3, -0.25) is 9.59 Å². The van der Waals surface area contributed by atoms with Gasteiger partial charge < -0.3 is 15.0 Å². The number of nitrogens with one attached hydrogen (secondary N) is 1. The van der Waals surface area contributed by atoms with Crippen LogP contribution in [0.1, 0.15) is 47.9 Å². The first-order valence-electron chi connectivity index (χ1n) is 13.0. The highest BCUT2D eigenvalue weighted by Crippen LogP contribution is 2.21. The quantitative estimate of drug-likeness (QED) is 0.356. The van der Waals surface area contributed by atoms with Gasteiger partial charge in [0.15, 0.2) is 6.61 Å². The lowest BCUT2D eigenvalue weighted by molar-refractivity contribution is -0.143. The van der Waals surface area contributed by atoms with Gasteiger partial charge in [-0.05, 0) is 73.2 Å². The van der Waals surface area contributed by atoms with Gasteiger partial charge in [0, 0.05) is 24.0 Å². The van der Waals surface area contributed by atoms with Gasteiger partial charge in [-0.15, -0.1) is 0 Å². The second-order valence-corrected chi connectivity index (χ2v) is 10.4. The zero-order valence-corrected chi connectivity index (χ0v) is 22.3. The summed E-state index contributed by atoms with van der Waals surface area (Å²) in [4.78, 5) is 29.1. The predicted molar refractivity (Wildman–Crippen MR) is 148 cm³/mol. The van der Waals surface area contributed by atoms with Crippen molar-refractivity contribution in [3.63, 3.8) is 0 Å². The number of hydrogen-bond donors (Lipinski definition) is 1. The van der Waals surface area contributed by atoms with E-state index in [9.17, 15) is 9.59 Å². The molecule has 0 spiro atoms. The molecule has 3 aromatic rings. The minimum absolute atomic E-state index is 0.121. The van der Waals surface area contributed by atoms with Gasteiger partial charge in [0.05, 0.1) is 0 Å². The summed E-state index contributed by atoms with van der Waals surface area (Å²) in [6.07, 6.45) is 4.61. The van der Waals surface area contributed by atoms with E-state index in [0.717, 1.165) is 47.9 Å². The smallest absolute Gasteiger partial charge is 0.261 e. The minimum Gasteiger partial charge on any atom is -0.484 e. The van der Waals surface area contributed by atoms with Crippen molar-refractivity contribution < 1.29 is 14.3 Å². The number of rotatable bonds is 10. The lowest BCUT2D eigenvalue weighted by Gasteiger charge is -2.32. The van der Waals surface area contributed by atoms with Crippen LogP contribution in [0.3, 0.4) is 0 Å². The molecule has 6 heteroatoms. The lowest BCUT2D eigenvalue weighted by Crippen LogP contribution is -2.53. The average molecular weight is 519 g/mol. The van der Waals surface area contributed by atoms with E-state index in [-0.39, 0.29) is 31.0 Å². The Morgan fingerprint density at radius 1 is 0.946 bits per heavy atom. The van der Waals surface area contributed by atoms with E-state index in [2.05, 4.69) is 11.4 Å². The maximum Gasteiger partial charge on any atom is 0.261 e. The standard InChI is InChI=1S/C31H35ClN2O3/c1-22-16-23(2)18-28(17-22)37-21-30(35)34(20-25-12-14-26(32)15-13-25)29(19-24-8-4-3-5-9-24)31(36)33-27-10-6-7-11-27/h3-5,8-9,12-18,27,29H,6-7,10-11,19-21H2,1-2H3,(H,33,36)/t29-/m1/s1. The van der Waals surface area contributed by atoms with Crippen LogP contribution in [0.25, 0.3) is 0 Å². The second kappa shape index (κ2) is 12.8. The first-order valence-corrected chi connectivity index (χ1v) is 13.3. The maximum absolute atomic E-state index is 13.7. The third-order valence-electron chi connectivity index (χ3n) is 6.80. The number of amides is 2. The highest BCUT2D eigenvalue weighted by Gasteiger charge is 2.32. The number of hydrogen-bond acceptors (Lipinski definition) is 3. The lowest BCUT2D eigenvalue weighted by atomic mass is 10.0. The van der Waals surface area contributed by atoms with E-state index < -0.39 is 6.04 Å². The SMILES string of the molecule is Cc1cc(C)cc(OCC(=O)N(Cc2ccc(Cl)cc2)[C@H](Cc2ccccc2)C(=O)NC2CCCC2)c1. The number of aryl methyl sites for hydroxylation is 2. The van der Waals surface area contributed by atoms with Gasteiger partial charge in [0.2, 0.25) is 5.91 Å². The highest BCUT2D eigenvalue weighted by molar-refractivity contribution is 6.30. The molecular weight excluding hydrogens is 484 g/mol. The van der Waals surface area contributed by atoms with Crippen LogP contribution in [-0.2, 0) is 22.6 Å². The molecule has 1 atom stereocenters. The van der Waals surface area contributed by atoms with Crippen LogP contribution in [0.2, 0.25) is 5.02 Å². The van der Waals surface area contributed by atoms with Crippen LogP contribution in [0, 0.1) is 13.8 Å². The van der Waals surface area contributed by atoms with E-state index in [1.54, 1.807) is 17.0 Å². The summed E-state index contributed by atoms with van der Waals surface area (Å²) in [5, 5.41) is 3.85. The number of ether oxygens (including phenoxy) is 1. The van der Waals surface area contributed by atoms with Crippen LogP contribution in [-0.4, -0.2) is 35.4 Å². The zero-order chi connectivity index (χ0) is 26.2. The topological polar surface area (TPSA) is 58.6 Å². The Morgan fingerprint density at radius 2 is 1.59 bits per heavy atom. The molecule has 0 aliphatic heterocycles. The van der Waals surface area contributed by atoms with E-state index >= 15 is 0 Å². The van der Waals surface area contributed by atoms with Crippen molar-refractivity contribution in [3.05, 3.63) is 100 Å². The second-order valence-electron chi connectivity index (χ2n) is 9.96. The molecule has 3 aromatic carbocycles. The monoisotopic (exact) mass is 518 g/mol. The van der Waals surface area contributed by atoms with Gasteiger partial charge in [-0.25, -0.2) is 0 Å². The Kier molecular flexibility index (Phi) is 9.24. The van der Waals surface area contributed by atoms with Gasteiger partial charge in [-0.2, -0.15) is 0 Å². The summed E-state index contributed by atoms with van der Waals surface area (Å²) >= 11 is 6.10. The molecule has 5 nitrogen and oxygen atoms in total. The van der Waals surface area contributed by atoms with Crippen molar-refractivity contribution in [2.75, 3.05) is 6.61 Å². The summed E-state index contributed by atoms with van der Waals surface area (Å²) in [6.45, 7) is 4.12. The van der Waals surface area contributed by atoms with Crippen molar-refractivity contribution in [2.24, 2.45) is 0 Å². The number of carbonyl (C=O) groups is 2. The molecular formula is C31H35ClN2O3.